The van der Waals surface area contributed by atoms with Crippen molar-refractivity contribution < 1.29 is 13.9 Å². The van der Waals surface area contributed by atoms with Crippen molar-refractivity contribution in [2.75, 3.05) is 12.4 Å². The van der Waals surface area contributed by atoms with Gasteiger partial charge in [0.15, 0.2) is 0 Å². The Labute approximate surface area is 194 Å². The summed E-state index contributed by atoms with van der Waals surface area (Å²) in [5.74, 6) is 0.487. The zero-order valence-electron chi connectivity index (χ0n) is 20.0. The van der Waals surface area contributed by atoms with Crippen LogP contribution in [0.1, 0.15) is 34.7 Å². The minimum absolute atomic E-state index is 0.177. The fraction of sp³-hybridized carbons (Fsp3) is 0.207. The number of fused-ring (bicyclic) bond motifs is 1. The number of benzene rings is 3. The highest BCUT2D eigenvalue weighted by Crippen LogP contribution is 2.38. The van der Waals surface area contributed by atoms with Crippen LogP contribution < -0.4 is 10.1 Å². The Morgan fingerprint density at radius 2 is 1.61 bits per heavy atom. The quantitative estimate of drug-likeness (QED) is 0.330. The molecule has 0 atom stereocenters. The summed E-state index contributed by atoms with van der Waals surface area (Å²) in [6.45, 7) is 10.1. The Balaban J connectivity index is 1.73. The van der Waals surface area contributed by atoms with Crippen LogP contribution in [-0.4, -0.2) is 13.0 Å². The minimum Gasteiger partial charge on any atom is -0.496 e. The first kappa shape index (κ1) is 22.4. The molecular formula is C29H29NO3. The van der Waals surface area contributed by atoms with Crippen LogP contribution in [0.4, 0.5) is 5.69 Å². The summed E-state index contributed by atoms with van der Waals surface area (Å²) in [5.41, 5.74) is 9.98. The second kappa shape index (κ2) is 8.99. The Morgan fingerprint density at radius 3 is 2.27 bits per heavy atom. The van der Waals surface area contributed by atoms with E-state index in [0.717, 1.165) is 50.0 Å². The van der Waals surface area contributed by atoms with Gasteiger partial charge < -0.3 is 14.5 Å². The maximum absolute atomic E-state index is 12.8. The highest BCUT2D eigenvalue weighted by atomic mass is 16.5. The molecule has 1 aromatic heterocycles. The molecule has 4 rings (SSSR count). The number of rotatable bonds is 5. The molecule has 0 saturated heterocycles. The van der Waals surface area contributed by atoms with Crippen LogP contribution in [0, 0.1) is 27.7 Å². The molecular weight excluding hydrogens is 410 g/mol. The number of carbonyl (C=O) groups is 1. The molecule has 1 heterocycles. The van der Waals surface area contributed by atoms with E-state index < -0.39 is 0 Å². The second-order valence-corrected chi connectivity index (χ2v) is 8.65. The molecule has 0 aliphatic heterocycles. The Bertz CT molecular complexity index is 1390. The average molecular weight is 440 g/mol. The van der Waals surface area contributed by atoms with Crippen molar-refractivity contribution >= 4 is 28.1 Å². The van der Waals surface area contributed by atoms with E-state index >= 15 is 0 Å². The van der Waals surface area contributed by atoms with Gasteiger partial charge in [0, 0.05) is 34.3 Å². The van der Waals surface area contributed by atoms with Crippen LogP contribution in [-0.2, 0) is 4.79 Å². The molecule has 33 heavy (non-hydrogen) atoms. The third kappa shape index (κ3) is 4.56. The van der Waals surface area contributed by atoms with Crippen LogP contribution in [0.2, 0.25) is 0 Å². The predicted molar refractivity (Wildman–Crippen MR) is 136 cm³/mol. The lowest BCUT2D eigenvalue weighted by atomic mass is 9.96. The number of amides is 1. The van der Waals surface area contributed by atoms with E-state index in [1.54, 1.807) is 19.4 Å². The SMILES string of the molecule is COc1cc2occ(-c3ccc(C)cc3C)c2cc1/C(C)=C/C(=O)Nc1ccc(C)cc1C. The van der Waals surface area contributed by atoms with Crippen LogP contribution in [0.5, 0.6) is 5.75 Å². The molecule has 168 valence electrons. The van der Waals surface area contributed by atoms with Gasteiger partial charge >= 0.3 is 0 Å². The van der Waals surface area contributed by atoms with Crippen molar-refractivity contribution in [1.29, 1.82) is 0 Å². The normalized spacial score (nSPS) is 11.6. The maximum atomic E-state index is 12.8. The second-order valence-electron chi connectivity index (χ2n) is 8.65. The molecule has 0 unspecified atom stereocenters. The summed E-state index contributed by atoms with van der Waals surface area (Å²) in [6, 6.07) is 16.3. The molecule has 4 nitrogen and oxygen atoms in total. The van der Waals surface area contributed by atoms with E-state index in [4.69, 9.17) is 9.15 Å². The van der Waals surface area contributed by atoms with Gasteiger partial charge in [-0.15, -0.1) is 0 Å². The molecule has 0 radical (unpaired) electrons. The standard InChI is InChI=1S/C29H29NO3/c1-17-7-9-22(19(3)11-17)25-16-33-28-15-27(32-6)23(14-24(25)28)20(4)13-29(31)30-26-10-8-18(2)12-21(26)5/h7-16H,1-6H3,(H,30,31)/b20-13+. The van der Waals surface area contributed by atoms with E-state index in [-0.39, 0.29) is 5.91 Å². The molecule has 0 saturated carbocycles. The summed E-state index contributed by atoms with van der Waals surface area (Å²) >= 11 is 0. The van der Waals surface area contributed by atoms with Crippen molar-refractivity contribution in [3.8, 4) is 16.9 Å². The predicted octanol–water partition coefficient (Wildman–Crippen LogP) is 7.38. The molecule has 1 N–H and O–H groups in total. The van der Waals surface area contributed by atoms with Crippen LogP contribution >= 0.6 is 0 Å². The molecule has 0 bridgehead atoms. The molecule has 0 aliphatic carbocycles. The monoisotopic (exact) mass is 439 g/mol. The molecule has 4 heteroatoms. The number of aryl methyl sites for hydroxylation is 4. The number of allylic oxidation sites excluding steroid dienone is 1. The zero-order chi connectivity index (χ0) is 23.7. The van der Waals surface area contributed by atoms with E-state index in [0.29, 0.717) is 5.75 Å². The number of furan rings is 1. The fourth-order valence-electron chi connectivity index (χ4n) is 4.25. The number of methoxy groups -OCH3 is 1. The minimum atomic E-state index is -0.177. The first-order chi connectivity index (χ1) is 15.8. The van der Waals surface area contributed by atoms with Gasteiger partial charge in [-0.2, -0.15) is 0 Å². The number of anilines is 1. The van der Waals surface area contributed by atoms with Crippen molar-refractivity contribution in [3.05, 3.63) is 88.7 Å². The van der Waals surface area contributed by atoms with Gasteiger partial charge in [0.05, 0.1) is 13.4 Å². The Kier molecular flexibility index (Phi) is 6.10. The third-order valence-corrected chi connectivity index (χ3v) is 5.98. The van der Waals surface area contributed by atoms with Gasteiger partial charge in [-0.05, 0) is 69.0 Å². The van der Waals surface area contributed by atoms with Gasteiger partial charge in [-0.3, -0.25) is 4.79 Å². The third-order valence-electron chi connectivity index (χ3n) is 5.98. The first-order valence-corrected chi connectivity index (χ1v) is 11.0. The molecule has 4 aromatic rings. The van der Waals surface area contributed by atoms with Crippen molar-refractivity contribution in [1.82, 2.24) is 0 Å². The summed E-state index contributed by atoms with van der Waals surface area (Å²) in [7, 11) is 1.63. The number of carbonyl (C=O) groups excluding carboxylic acids is 1. The van der Waals surface area contributed by atoms with Crippen LogP contribution in [0.25, 0.3) is 27.7 Å². The zero-order valence-corrected chi connectivity index (χ0v) is 20.0. The summed E-state index contributed by atoms with van der Waals surface area (Å²) < 4.78 is 11.5. The van der Waals surface area contributed by atoms with E-state index in [1.807, 2.05) is 45.0 Å². The number of nitrogens with one attached hydrogen (secondary N) is 1. The lowest BCUT2D eigenvalue weighted by molar-refractivity contribution is -0.111. The summed E-state index contributed by atoms with van der Waals surface area (Å²) in [4.78, 5) is 12.8. The lowest BCUT2D eigenvalue weighted by Gasteiger charge is -2.11. The fourth-order valence-corrected chi connectivity index (χ4v) is 4.25. The number of hydrogen-bond donors (Lipinski definition) is 1. The van der Waals surface area contributed by atoms with Crippen molar-refractivity contribution in [2.45, 2.75) is 34.6 Å². The molecule has 0 spiro atoms. The smallest absolute Gasteiger partial charge is 0.248 e. The van der Waals surface area contributed by atoms with Gasteiger partial charge in [0.1, 0.15) is 11.3 Å². The molecule has 3 aromatic carbocycles. The highest BCUT2D eigenvalue weighted by Gasteiger charge is 2.16. The molecule has 0 aliphatic rings. The maximum Gasteiger partial charge on any atom is 0.248 e. The first-order valence-electron chi connectivity index (χ1n) is 11.0. The van der Waals surface area contributed by atoms with Crippen LogP contribution in [0.15, 0.2) is 65.3 Å². The lowest BCUT2D eigenvalue weighted by Crippen LogP contribution is -2.10. The van der Waals surface area contributed by atoms with Crippen LogP contribution in [0.3, 0.4) is 0 Å². The van der Waals surface area contributed by atoms with Gasteiger partial charge in [0.2, 0.25) is 5.91 Å². The number of ether oxygens (including phenoxy) is 1. The Hall–Kier alpha value is -3.79. The molecule has 0 fully saturated rings. The largest absolute Gasteiger partial charge is 0.496 e. The van der Waals surface area contributed by atoms with Crippen molar-refractivity contribution in [3.63, 3.8) is 0 Å². The number of hydrogen-bond acceptors (Lipinski definition) is 3. The van der Waals surface area contributed by atoms with E-state index in [1.165, 1.54) is 11.1 Å². The average Bonchev–Trinajstić information content (AvgIpc) is 3.17. The molecule has 1 amide bonds. The van der Waals surface area contributed by atoms with Crippen molar-refractivity contribution in [2.24, 2.45) is 0 Å². The Morgan fingerprint density at radius 1 is 0.909 bits per heavy atom. The van der Waals surface area contributed by atoms with Gasteiger partial charge in [-0.25, -0.2) is 0 Å². The summed E-state index contributed by atoms with van der Waals surface area (Å²) in [5, 5.41) is 3.97. The van der Waals surface area contributed by atoms with Gasteiger partial charge in [-0.1, -0.05) is 41.5 Å². The highest BCUT2D eigenvalue weighted by molar-refractivity contribution is 6.05. The summed E-state index contributed by atoms with van der Waals surface area (Å²) in [6.07, 6.45) is 3.40. The van der Waals surface area contributed by atoms with E-state index in [2.05, 4.69) is 43.4 Å². The topological polar surface area (TPSA) is 51.5 Å². The van der Waals surface area contributed by atoms with Gasteiger partial charge in [0.25, 0.3) is 0 Å². The van der Waals surface area contributed by atoms with E-state index in [9.17, 15) is 4.79 Å².